The molecule has 7 heteroatoms. The maximum Gasteiger partial charge on any atom is 0.274 e. The van der Waals surface area contributed by atoms with Crippen LogP contribution in [-0.2, 0) is 20.1 Å². The van der Waals surface area contributed by atoms with Gasteiger partial charge in [0.15, 0.2) is 0 Å². The van der Waals surface area contributed by atoms with Gasteiger partial charge in [-0.2, -0.15) is 5.26 Å². The van der Waals surface area contributed by atoms with E-state index >= 15 is 0 Å². The first kappa shape index (κ1) is 22.3. The largest absolute Gasteiger partial charge is 0.350 e. The van der Waals surface area contributed by atoms with Crippen molar-refractivity contribution in [3.8, 4) is 6.07 Å². The van der Waals surface area contributed by atoms with Crippen molar-refractivity contribution < 1.29 is 9.69 Å². The van der Waals surface area contributed by atoms with Gasteiger partial charge in [-0.15, -0.1) is 0 Å². The number of nitrogens with one attached hydrogen (secondary N) is 2. The minimum Gasteiger partial charge on any atom is -0.350 e. The molecule has 2 N–H and O–H groups in total. The fraction of sp³-hybridized carbons (Fsp3) is 0.276. The van der Waals surface area contributed by atoms with Crippen LogP contribution in [0.1, 0.15) is 39.5 Å². The van der Waals surface area contributed by atoms with Gasteiger partial charge in [-0.25, -0.2) is 0 Å². The molecular weight excluding hydrogens is 450 g/mol. The number of anilines is 1. The van der Waals surface area contributed by atoms with Crippen molar-refractivity contribution in [2.75, 3.05) is 18.4 Å². The smallest absolute Gasteiger partial charge is 0.274 e. The number of carbonyl (C=O) groups is 1. The number of nitriles is 1. The molecule has 36 heavy (non-hydrogen) atoms. The fourth-order valence-corrected chi connectivity index (χ4v) is 6.13. The molecule has 1 saturated heterocycles. The zero-order valence-electron chi connectivity index (χ0n) is 20.2. The number of hydrogen-bond donors (Lipinski definition) is 2. The van der Waals surface area contributed by atoms with Crippen LogP contribution in [0.4, 0.5) is 5.69 Å². The van der Waals surface area contributed by atoms with Crippen LogP contribution < -0.4 is 15.8 Å². The van der Waals surface area contributed by atoms with Gasteiger partial charge in [0.1, 0.15) is 12.2 Å². The van der Waals surface area contributed by atoms with Crippen LogP contribution in [0.2, 0.25) is 0 Å². The normalized spacial score (nSPS) is 20.5. The lowest BCUT2D eigenvalue weighted by atomic mass is 9.83. The van der Waals surface area contributed by atoms with Gasteiger partial charge in [0.2, 0.25) is 0 Å². The topological polar surface area (TPSA) is 84.3 Å². The maximum atomic E-state index is 13.3. The Balaban J connectivity index is 1.21. The lowest BCUT2D eigenvalue weighted by molar-refractivity contribution is -0.924. The van der Waals surface area contributed by atoms with Gasteiger partial charge in [0.05, 0.1) is 24.7 Å². The van der Waals surface area contributed by atoms with E-state index in [4.69, 9.17) is 5.26 Å². The average Bonchev–Trinajstić information content (AvgIpc) is 3.21. The predicted molar refractivity (Wildman–Crippen MR) is 138 cm³/mol. The number of benzene rings is 2. The highest BCUT2D eigenvalue weighted by Gasteiger charge is 2.37. The lowest BCUT2D eigenvalue weighted by Crippen LogP contribution is -3.13. The van der Waals surface area contributed by atoms with Gasteiger partial charge in [-0.1, -0.05) is 18.2 Å². The van der Waals surface area contributed by atoms with Gasteiger partial charge in [-0.05, 0) is 48.9 Å². The number of likely N-dealkylation sites (tertiary alicyclic amines) is 1. The molecule has 1 unspecified atom stereocenters. The summed E-state index contributed by atoms with van der Waals surface area (Å²) in [6.45, 7) is 3.70. The first-order chi connectivity index (χ1) is 17.5. The fourth-order valence-electron chi connectivity index (χ4n) is 6.13. The number of quaternary nitrogens is 1. The molecule has 3 atom stereocenters. The summed E-state index contributed by atoms with van der Waals surface area (Å²) in [6.07, 6.45) is 3.36. The summed E-state index contributed by atoms with van der Waals surface area (Å²) in [5, 5.41) is 13.1. The third-order valence-corrected chi connectivity index (χ3v) is 7.74. The minimum atomic E-state index is -0.348. The maximum absolute atomic E-state index is 13.3. The Hall–Kier alpha value is -4.15. The number of rotatable bonds is 4. The van der Waals surface area contributed by atoms with E-state index in [0.717, 1.165) is 31.7 Å². The SMILES string of the molecule is Cn1cc(C[NH+]2C[C@@H]3C[C@H](C2)c2ccc(NC(=O)c4ccc(C#N)cc4)c(=O)n2C3)c2ccccc21. The van der Waals surface area contributed by atoms with Crippen LogP contribution in [0.5, 0.6) is 0 Å². The molecule has 1 fully saturated rings. The Morgan fingerprint density at radius 2 is 1.92 bits per heavy atom. The summed E-state index contributed by atoms with van der Waals surface area (Å²) in [5.74, 6) is 0.417. The average molecular weight is 479 g/mol. The summed E-state index contributed by atoms with van der Waals surface area (Å²) < 4.78 is 4.08. The van der Waals surface area contributed by atoms with E-state index < -0.39 is 0 Å². The van der Waals surface area contributed by atoms with Crippen LogP contribution in [0.3, 0.4) is 0 Å². The Kier molecular flexibility index (Phi) is 5.46. The van der Waals surface area contributed by atoms with Crippen molar-refractivity contribution >= 4 is 22.5 Å². The number of nitrogens with zero attached hydrogens (tertiary/aromatic N) is 3. The zero-order chi connectivity index (χ0) is 24.8. The van der Waals surface area contributed by atoms with E-state index in [9.17, 15) is 9.59 Å². The number of piperidine rings is 1. The lowest BCUT2D eigenvalue weighted by Gasteiger charge is -2.40. The second kappa shape index (κ2) is 8.81. The number of hydrogen-bond acceptors (Lipinski definition) is 3. The highest BCUT2D eigenvalue weighted by Crippen LogP contribution is 2.31. The molecular formula is C29H28N5O2+. The summed E-state index contributed by atoms with van der Waals surface area (Å²) in [5.41, 5.74) is 4.78. The molecule has 0 radical (unpaired) electrons. The quantitative estimate of drug-likeness (QED) is 0.473. The second-order valence-corrected chi connectivity index (χ2v) is 10.1. The zero-order valence-corrected chi connectivity index (χ0v) is 20.2. The van der Waals surface area contributed by atoms with Crippen LogP contribution in [-0.4, -0.2) is 28.1 Å². The van der Waals surface area contributed by atoms with E-state index in [2.05, 4.69) is 47.4 Å². The molecule has 7 nitrogen and oxygen atoms in total. The highest BCUT2D eigenvalue weighted by atomic mass is 16.2. The first-order valence-electron chi connectivity index (χ1n) is 12.4. The van der Waals surface area contributed by atoms with Crippen molar-refractivity contribution in [3.63, 3.8) is 0 Å². The summed E-state index contributed by atoms with van der Waals surface area (Å²) in [4.78, 5) is 27.6. The molecule has 6 rings (SSSR count). The van der Waals surface area contributed by atoms with Gasteiger partial charge in [0.25, 0.3) is 11.5 Å². The molecule has 4 heterocycles. The highest BCUT2D eigenvalue weighted by molar-refractivity contribution is 6.04. The number of aryl methyl sites for hydroxylation is 1. The number of amides is 1. The summed E-state index contributed by atoms with van der Waals surface area (Å²) in [6, 6.07) is 20.8. The Morgan fingerprint density at radius 1 is 1.11 bits per heavy atom. The minimum absolute atomic E-state index is 0.137. The third kappa shape index (κ3) is 3.90. The Bertz CT molecular complexity index is 1570. The van der Waals surface area contributed by atoms with Crippen molar-refractivity contribution in [2.45, 2.75) is 25.4 Å². The van der Waals surface area contributed by atoms with Crippen molar-refractivity contribution in [2.24, 2.45) is 13.0 Å². The summed E-state index contributed by atoms with van der Waals surface area (Å²) >= 11 is 0. The Morgan fingerprint density at radius 3 is 2.72 bits per heavy atom. The monoisotopic (exact) mass is 478 g/mol. The molecule has 180 valence electrons. The molecule has 4 aromatic rings. The summed E-state index contributed by atoms with van der Waals surface area (Å²) in [7, 11) is 2.10. The molecule has 2 bridgehead atoms. The number of fused-ring (bicyclic) bond motifs is 5. The first-order valence-corrected chi connectivity index (χ1v) is 12.4. The van der Waals surface area contributed by atoms with E-state index in [1.807, 2.05) is 16.7 Å². The van der Waals surface area contributed by atoms with Crippen LogP contribution >= 0.6 is 0 Å². The van der Waals surface area contributed by atoms with Crippen molar-refractivity contribution in [1.29, 1.82) is 5.26 Å². The third-order valence-electron chi connectivity index (χ3n) is 7.74. The molecule has 2 aromatic heterocycles. The van der Waals surface area contributed by atoms with Crippen molar-refractivity contribution in [3.05, 3.63) is 99.6 Å². The van der Waals surface area contributed by atoms with E-state index in [0.29, 0.717) is 35.2 Å². The molecule has 2 aromatic carbocycles. The standard InChI is InChI=1S/C29H27N5O2/c1-32-16-23(24-4-2-3-5-27(24)32)18-33-14-20-12-22(17-33)26-11-10-25(29(36)34(26)15-20)31-28(35)21-8-6-19(13-30)7-9-21/h2-11,16,20,22H,12,14-15,17-18H2,1H3,(H,31,35)/p+1/t20-,22+/m0/s1. The number of aromatic nitrogens is 2. The predicted octanol–water partition coefficient (Wildman–Crippen LogP) is 2.67. The van der Waals surface area contributed by atoms with Gasteiger partial charge in [-0.3, -0.25) is 9.59 Å². The Labute approximate surface area is 209 Å². The molecule has 1 amide bonds. The second-order valence-electron chi connectivity index (χ2n) is 10.1. The van der Waals surface area contributed by atoms with Crippen LogP contribution in [0.25, 0.3) is 10.9 Å². The molecule has 0 aliphatic carbocycles. The molecule has 0 saturated carbocycles. The van der Waals surface area contributed by atoms with Gasteiger partial charge in [0, 0.05) is 59.3 Å². The molecule has 2 aliphatic heterocycles. The van der Waals surface area contributed by atoms with Crippen molar-refractivity contribution in [1.82, 2.24) is 9.13 Å². The number of carbonyl (C=O) groups excluding carboxylic acids is 1. The molecule has 0 spiro atoms. The van der Waals surface area contributed by atoms with Crippen LogP contribution in [0, 0.1) is 17.2 Å². The molecule has 2 aliphatic rings. The van der Waals surface area contributed by atoms with Gasteiger partial charge < -0.3 is 19.4 Å². The number of para-hydroxylation sites is 1. The van der Waals surface area contributed by atoms with E-state index in [1.165, 1.54) is 16.5 Å². The van der Waals surface area contributed by atoms with Crippen LogP contribution in [0.15, 0.2) is 71.7 Å². The van der Waals surface area contributed by atoms with E-state index in [-0.39, 0.29) is 11.5 Å². The van der Waals surface area contributed by atoms with Gasteiger partial charge >= 0.3 is 0 Å². The number of pyridine rings is 1. The van der Waals surface area contributed by atoms with E-state index in [1.54, 1.807) is 35.2 Å².